The molecule has 5 nitrogen and oxygen atoms in total. The highest BCUT2D eigenvalue weighted by atomic mass is 32.1. The van der Waals surface area contributed by atoms with Crippen molar-refractivity contribution in [3.63, 3.8) is 0 Å². The fourth-order valence-corrected chi connectivity index (χ4v) is 3.97. The molecule has 0 radical (unpaired) electrons. The molecule has 2 heterocycles. The Balaban J connectivity index is 1.61. The highest BCUT2D eigenvalue weighted by Crippen LogP contribution is 2.27. The van der Waals surface area contributed by atoms with Crippen LogP contribution in [0.1, 0.15) is 22.4 Å². The van der Waals surface area contributed by atoms with Gasteiger partial charge in [-0.2, -0.15) is 9.78 Å². The van der Waals surface area contributed by atoms with Crippen LogP contribution in [0.3, 0.4) is 0 Å². The van der Waals surface area contributed by atoms with Gasteiger partial charge in [0, 0.05) is 6.07 Å². The van der Waals surface area contributed by atoms with Crippen LogP contribution >= 0.6 is 11.3 Å². The van der Waals surface area contributed by atoms with E-state index < -0.39 is 0 Å². The zero-order chi connectivity index (χ0) is 19.0. The summed E-state index contributed by atoms with van der Waals surface area (Å²) in [5.74, 6) is 0.577. The van der Waals surface area contributed by atoms with Crippen molar-refractivity contribution in [3.8, 4) is 5.13 Å². The predicted molar refractivity (Wildman–Crippen MR) is 110 cm³/mol. The summed E-state index contributed by atoms with van der Waals surface area (Å²) in [5.41, 5.74) is 5.07. The number of nitrogens with zero attached hydrogens (tertiary/aromatic N) is 3. The number of nitrogens with one attached hydrogen (secondary N) is 1. The van der Waals surface area contributed by atoms with Gasteiger partial charge in [-0.25, -0.2) is 4.98 Å². The first kappa shape index (κ1) is 17.4. The third kappa shape index (κ3) is 3.61. The van der Waals surface area contributed by atoms with Gasteiger partial charge in [-0.05, 0) is 44.0 Å². The summed E-state index contributed by atoms with van der Waals surface area (Å²) in [7, 11) is 0. The van der Waals surface area contributed by atoms with Gasteiger partial charge in [0.1, 0.15) is 5.82 Å². The van der Waals surface area contributed by atoms with Crippen molar-refractivity contribution in [2.24, 2.45) is 0 Å². The number of thiazole rings is 1. The minimum atomic E-state index is -0.0639. The van der Waals surface area contributed by atoms with Crippen molar-refractivity contribution in [1.29, 1.82) is 0 Å². The third-order valence-corrected chi connectivity index (χ3v) is 5.43. The zero-order valence-electron chi connectivity index (χ0n) is 15.5. The number of carbonyl (C=O) groups is 1. The van der Waals surface area contributed by atoms with Gasteiger partial charge < -0.3 is 5.32 Å². The van der Waals surface area contributed by atoms with Crippen LogP contribution in [0.4, 0.5) is 5.82 Å². The van der Waals surface area contributed by atoms with E-state index in [1.54, 1.807) is 16.0 Å². The zero-order valence-corrected chi connectivity index (χ0v) is 16.3. The summed E-state index contributed by atoms with van der Waals surface area (Å²) in [6.07, 6.45) is 0.331. The molecule has 6 heteroatoms. The van der Waals surface area contributed by atoms with Crippen LogP contribution < -0.4 is 5.32 Å². The lowest BCUT2D eigenvalue weighted by molar-refractivity contribution is -0.115. The molecule has 1 N–H and O–H groups in total. The number of rotatable bonds is 4. The Bertz CT molecular complexity index is 1110. The Kier molecular flexibility index (Phi) is 4.49. The summed E-state index contributed by atoms with van der Waals surface area (Å²) >= 11 is 1.55. The van der Waals surface area contributed by atoms with Gasteiger partial charge in [0.25, 0.3) is 0 Å². The first-order chi connectivity index (χ1) is 13.0. The maximum Gasteiger partial charge on any atom is 0.229 e. The minimum Gasteiger partial charge on any atom is -0.310 e. The second-order valence-electron chi connectivity index (χ2n) is 6.70. The first-order valence-corrected chi connectivity index (χ1v) is 9.60. The molecule has 27 heavy (non-hydrogen) atoms. The third-order valence-electron chi connectivity index (χ3n) is 4.42. The molecule has 0 saturated carbocycles. The lowest BCUT2D eigenvalue weighted by atomic mass is 10.0. The molecule has 2 aromatic carbocycles. The van der Waals surface area contributed by atoms with Gasteiger partial charge in [0.15, 0.2) is 0 Å². The standard InChI is InChI=1S/C21H20N4OS/c1-13-8-9-14(2)16(10-13)12-20(26)23-19-11-15(3)24-25(19)21-22-17-6-4-5-7-18(17)27-21/h4-11H,12H2,1-3H3,(H,23,26). The van der Waals surface area contributed by atoms with E-state index in [2.05, 4.69) is 27.5 Å². The van der Waals surface area contributed by atoms with Crippen LogP contribution in [0.15, 0.2) is 48.5 Å². The molecule has 0 unspecified atom stereocenters. The molecule has 0 spiro atoms. The molecular weight excluding hydrogens is 356 g/mol. The number of fused-ring (bicyclic) bond motifs is 1. The van der Waals surface area contributed by atoms with E-state index in [-0.39, 0.29) is 5.91 Å². The Morgan fingerprint density at radius 3 is 2.74 bits per heavy atom. The van der Waals surface area contributed by atoms with Crippen LogP contribution in [0.5, 0.6) is 0 Å². The summed E-state index contributed by atoms with van der Waals surface area (Å²) in [5, 5.41) is 8.26. The number of aromatic nitrogens is 3. The average Bonchev–Trinajstić information content (AvgIpc) is 3.21. The monoisotopic (exact) mass is 376 g/mol. The number of hydrogen-bond donors (Lipinski definition) is 1. The Hall–Kier alpha value is -2.99. The second-order valence-corrected chi connectivity index (χ2v) is 7.71. The van der Waals surface area contributed by atoms with E-state index >= 15 is 0 Å². The second kappa shape index (κ2) is 6.96. The Labute approximate surface area is 161 Å². The number of benzene rings is 2. The molecule has 0 fully saturated rings. The average molecular weight is 376 g/mol. The number of carbonyl (C=O) groups excluding carboxylic acids is 1. The van der Waals surface area contributed by atoms with Crippen LogP contribution in [0.2, 0.25) is 0 Å². The summed E-state index contributed by atoms with van der Waals surface area (Å²) in [4.78, 5) is 17.3. The van der Waals surface area contributed by atoms with Gasteiger partial charge in [-0.15, -0.1) is 0 Å². The summed E-state index contributed by atoms with van der Waals surface area (Å²) < 4.78 is 2.80. The van der Waals surface area contributed by atoms with Crippen LogP contribution in [0, 0.1) is 20.8 Å². The van der Waals surface area contributed by atoms with E-state index in [1.807, 2.05) is 57.2 Å². The quantitative estimate of drug-likeness (QED) is 0.567. The molecule has 0 aliphatic rings. The van der Waals surface area contributed by atoms with Crippen molar-refractivity contribution in [1.82, 2.24) is 14.8 Å². The fourth-order valence-electron chi connectivity index (χ4n) is 3.04. The molecule has 136 valence electrons. The maximum absolute atomic E-state index is 12.6. The molecular formula is C21H20N4OS. The van der Waals surface area contributed by atoms with Gasteiger partial charge >= 0.3 is 0 Å². The smallest absolute Gasteiger partial charge is 0.229 e. The SMILES string of the molecule is Cc1ccc(C)c(CC(=O)Nc2cc(C)nn2-c2nc3ccccc3s2)c1. The van der Waals surface area contributed by atoms with Crippen molar-refractivity contribution < 1.29 is 4.79 Å². The number of anilines is 1. The van der Waals surface area contributed by atoms with Crippen molar-refractivity contribution in [3.05, 3.63) is 70.9 Å². The summed E-state index contributed by atoms with van der Waals surface area (Å²) in [6.45, 7) is 5.97. The van der Waals surface area contributed by atoms with E-state index in [0.29, 0.717) is 12.2 Å². The van der Waals surface area contributed by atoms with Crippen LogP contribution in [-0.2, 0) is 11.2 Å². The van der Waals surface area contributed by atoms with Gasteiger partial charge in [-0.3, -0.25) is 4.79 Å². The molecule has 0 aliphatic heterocycles. The molecule has 4 aromatic rings. The van der Waals surface area contributed by atoms with E-state index in [4.69, 9.17) is 0 Å². The van der Waals surface area contributed by atoms with Gasteiger partial charge in [-0.1, -0.05) is 47.2 Å². The van der Waals surface area contributed by atoms with E-state index in [1.165, 1.54) is 0 Å². The van der Waals surface area contributed by atoms with Crippen molar-refractivity contribution in [2.45, 2.75) is 27.2 Å². The van der Waals surface area contributed by atoms with Crippen molar-refractivity contribution >= 4 is 33.3 Å². The molecule has 0 atom stereocenters. The number of amides is 1. The van der Waals surface area contributed by atoms with Crippen molar-refractivity contribution in [2.75, 3.05) is 5.32 Å². The van der Waals surface area contributed by atoms with Gasteiger partial charge in [0.05, 0.1) is 22.3 Å². The van der Waals surface area contributed by atoms with Gasteiger partial charge in [0.2, 0.25) is 11.0 Å². The topological polar surface area (TPSA) is 59.8 Å². The fraction of sp³-hybridized carbons (Fsp3) is 0.190. The Morgan fingerprint density at radius 1 is 1.11 bits per heavy atom. The van der Waals surface area contributed by atoms with E-state index in [0.717, 1.165) is 37.7 Å². The van der Waals surface area contributed by atoms with E-state index in [9.17, 15) is 4.79 Å². The Morgan fingerprint density at radius 2 is 1.93 bits per heavy atom. The lowest BCUT2D eigenvalue weighted by Crippen LogP contribution is -2.17. The maximum atomic E-state index is 12.6. The van der Waals surface area contributed by atoms with Crippen LogP contribution in [0.25, 0.3) is 15.3 Å². The highest BCUT2D eigenvalue weighted by Gasteiger charge is 2.15. The normalized spacial score (nSPS) is 11.1. The number of hydrogen-bond acceptors (Lipinski definition) is 4. The molecule has 0 aliphatic carbocycles. The molecule has 0 saturated heterocycles. The highest BCUT2D eigenvalue weighted by molar-refractivity contribution is 7.20. The number of aryl methyl sites for hydroxylation is 3. The molecule has 1 amide bonds. The number of para-hydroxylation sites is 1. The molecule has 2 aromatic heterocycles. The first-order valence-electron chi connectivity index (χ1n) is 8.78. The molecule has 4 rings (SSSR count). The lowest BCUT2D eigenvalue weighted by Gasteiger charge is -2.09. The summed E-state index contributed by atoms with van der Waals surface area (Å²) in [6, 6.07) is 16.0. The molecule has 0 bridgehead atoms. The predicted octanol–water partition coefficient (Wildman–Crippen LogP) is 4.59. The largest absolute Gasteiger partial charge is 0.310 e. The van der Waals surface area contributed by atoms with Crippen LogP contribution in [-0.4, -0.2) is 20.7 Å². The minimum absolute atomic E-state index is 0.0639.